The normalized spacial score (nSPS) is 9.08. The quantitative estimate of drug-likeness (QED) is 0.565. The first-order chi connectivity index (χ1) is 5.15. The van der Waals surface area contributed by atoms with Gasteiger partial charge >= 0.3 is 0 Å². The Morgan fingerprint density at radius 1 is 1.08 bits per heavy atom. The van der Waals surface area contributed by atoms with Gasteiger partial charge in [-0.1, -0.05) is 14.4 Å². The van der Waals surface area contributed by atoms with E-state index in [0.717, 1.165) is 5.56 Å². The standard InChI is InChI=1S/C8H10O3.CH4/c1-2-5-3-6(9)8(11)7(10)4-5;/h3-4,9-11H,2H2,1H3;1H4. The van der Waals surface area contributed by atoms with Gasteiger partial charge in [-0.25, -0.2) is 0 Å². The van der Waals surface area contributed by atoms with Crippen LogP contribution in [0.15, 0.2) is 12.1 Å². The van der Waals surface area contributed by atoms with Crippen molar-refractivity contribution in [2.75, 3.05) is 0 Å². The van der Waals surface area contributed by atoms with Crippen LogP contribution in [0.1, 0.15) is 19.9 Å². The van der Waals surface area contributed by atoms with Crippen molar-refractivity contribution < 1.29 is 15.3 Å². The smallest absolute Gasteiger partial charge is 0.200 e. The molecule has 0 aromatic heterocycles. The van der Waals surface area contributed by atoms with Crippen molar-refractivity contribution in [2.24, 2.45) is 0 Å². The molecule has 3 nitrogen and oxygen atoms in total. The summed E-state index contributed by atoms with van der Waals surface area (Å²) in [6, 6.07) is 2.85. The van der Waals surface area contributed by atoms with Crippen LogP contribution < -0.4 is 0 Å². The van der Waals surface area contributed by atoms with Gasteiger partial charge < -0.3 is 15.3 Å². The van der Waals surface area contributed by atoms with Crippen LogP contribution in [0.5, 0.6) is 17.2 Å². The second-order valence-electron chi connectivity index (χ2n) is 2.34. The Kier molecular flexibility index (Phi) is 3.41. The van der Waals surface area contributed by atoms with E-state index in [1.54, 1.807) is 0 Å². The highest BCUT2D eigenvalue weighted by molar-refractivity contribution is 5.50. The van der Waals surface area contributed by atoms with Crippen molar-refractivity contribution in [3.63, 3.8) is 0 Å². The molecule has 3 N–H and O–H groups in total. The molecule has 0 aliphatic rings. The zero-order chi connectivity index (χ0) is 8.43. The molecule has 0 bridgehead atoms. The third-order valence-corrected chi connectivity index (χ3v) is 1.54. The van der Waals surface area contributed by atoms with E-state index in [9.17, 15) is 0 Å². The van der Waals surface area contributed by atoms with Crippen LogP contribution >= 0.6 is 0 Å². The molecule has 12 heavy (non-hydrogen) atoms. The Bertz CT molecular complexity index is 245. The van der Waals surface area contributed by atoms with Crippen LogP contribution in [0.4, 0.5) is 0 Å². The molecule has 0 unspecified atom stereocenters. The Morgan fingerprint density at radius 3 is 1.83 bits per heavy atom. The minimum absolute atomic E-state index is 0. The number of phenolic OH excluding ortho intramolecular Hbond substituents is 3. The molecular weight excluding hydrogens is 156 g/mol. The molecule has 1 aromatic carbocycles. The molecule has 0 heterocycles. The molecule has 0 radical (unpaired) electrons. The molecular formula is C9H14O3. The van der Waals surface area contributed by atoms with Crippen LogP contribution in [0.2, 0.25) is 0 Å². The monoisotopic (exact) mass is 170 g/mol. The summed E-state index contributed by atoms with van der Waals surface area (Å²) in [5.74, 6) is -1.01. The summed E-state index contributed by atoms with van der Waals surface area (Å²) in [4.78, 5) is 0. The SMILES string of the molecule is C.CCc1cc(O)c(O)c(O)c1. The van der Waals surface area contributed by atoms with Crippen LogP contribution in [0.3, 0.4) is 0 Å². The van der Waals surface area contributed by atoms with Crippen molar-refractivity contribution in [1.29, 1.82) is 0 Å². The molecule has 3 heteroatoms. The minimum Gasteiger partial charge on any atom is -0.504 e. The molecule has 0 fully saturated rings. The molecule has 1 aromatic rings. The van der Waals surface area contributed by atoms with Gasteiger partial charge in [0, 0.05) is 0 Å². The summed E-state index contributed by atoms with van der Waals surface area (Å²) < 4.78 is 0. The van der Waals surface area contributed by atoms with E-state index < -0.39 is 5.75 Å². The van der Waals surface area contributed by atoms with Gasteiger partial charge in [-0.15, -0.1) is 0 Å². The fourth-order valence-electron chi connectivity index (χ4n) is 0.865. The van der Waals surface area contributed by atoms with Gasteiger partial charge in [0.15, 0.2) is 17.2 Å². The number of aryl methyl sites for hydroxylation is 1. The lowest BCUT2D eigenvalue weighted by Gasteiger charge is -2.02. The molecule has 0 atom stereocenters. The second kappa shape index (κ2) is 3.85. The summed E-state index contributed by atoms with van der Waals surface area (Å²) in [7, 11) is 0. The van der Waals surface area contributed by atoms with E-state index in [-0.39, 0.29) is 18.9 Å². The number of aromatic hydroxyl groups is 3. The van der Waals surface area contributed by atoms with Crippen molar-refractivity contribution in [1.82, 2.24) is 0 Å². The zero-order valence-corrected chi connectivity index (χ0v) is 6.20. The molecule has 0 saturated carbocycles. The maximum absolute atomic E-state index is 9.00. The lowest BCUT2D eigenvalue weighted by atomic mass is 10.1. The second-order valence-corrected chi connectivity index (χ2v) is 2.34. The van der Waals surface area contributed by atoms with Gasteiger partial charge in [-0.3, -0.25) is 0 Å². The topological polar surface area (TPSA) is 60.7 Å². The van der Waals surface area contributed by atoms with Gasteiger partial charge in [0.2, 0.25) is 0 Å². The van der Waals surface area contributed by atoms with Gasteiger partial charge in [0.1, 0.15) is 0 Å². The van der Waals surface area contributed by atoms with Crippen LogP contribution in [-0.4, -0.2) is 15.3 Å². The van der Waals surface area contributed by atoms with E-state index >= 15 is 0 Å². The van der Waals surface area contributed by atoms with Gasteiger partial charge in [-0.05, 0) is 24.1 Å². The maximum atomic E-state index is 9.00. The van der Waals surface area contributed by atoms with Crippen molar-refractivity contribution in [3.05, 3.63) is 17.7 Å². The third-order valence-electron chi connectivity index (χ3n) is 1.54. The van der Waals surface area contributed by atoms with E-state index in [4.69, 9.17) is 15.3 Å². The number of benzene rings is 1. The average molecular weight is 170 g/mol. The lowest BCUT2D eigenvalue weighted by Crippen LogP contribution is -1.79. The van der Waals surface area contributed by atoms with E-state index in [1.165, 1.54) is 12.1 Å². The first-order valence-electron chi connectivity index (χ1n) is 3.39. The van der Waals surface area contributed by atoms with Gasteiger partial charge in [0.05, 0.1) is 0 Å². The predicted molar refractivity (Wildman–Crippen MR) is 47.5 cm³/mol. The summed E-state index contributed by atoms with van der Waals surface area (Å²) in [5.41, 5.74) is 0.790. The fourth-order valence-corrected chi connectivity index (χ4v) is 0.865. The Balaban J connectivity index is 0.00000121. The van der Waals surface area contributed by atoms with Crippen LogP contribution in [0, 0.1) is 0 Å². The van der Waals surface area contributed by atoms with Crippen LogP contribution in [-0.2, 0) is 6.42 Å². The fraction of sp³-hybridized carbons (Fsp3) is 0.333. The summed E-state index contributed by atoms with van der Waals surface area (Å²) in [6.07, 6.45) is 0.710. The lowest BCUT2D eigenvalue weighted by molar-refractivity contribution is 0.367. The Morgan fingerprint density at radius 2 is 1.50 bits per heavy atom. The summed E-state index contributed by atoms with van der Waals surface area (Å²) >= 11 is 0. The number of hydrogen-bond donors (Lipinski definition) is 3. The molecule has 0 aliphatic heterocycles. The largest absolute Gasteiger partial charge is 0.504 e. The summed E-state index contributed by atoms with van der Waals surface area (Å²) in [6.45, 7) is 1.89. The number of phenols is 3. The molecule has 0 saturated heterocycles. The molecule has 0 amide bonds. The number of rotatable bonds is 1. The van der Waals surface area contributed by atoms with E-state index in [1.807, 2.05) is 6.92 Å². The summed E-state index contributed by atoms with van der Waals surface area (Å²) in [5, 5.41) is 26.9. The minimum atomic E-state index is -0.456. The Labute approximate surface area is 71.9 Å². The van der Waals surface area contributed by atoms with Crippen LogP contribution in [0.25, 0.3) is 0 Å². The first kappa shape index (κ1) is 10.6. The molecule has 68 valence electrons. The van der Waals surface area contributed by atoms with E-state index in [2.05, 4.69) is 0 Å². The van der Waals surface area contributed by atoms with Gasteiger partial charge in [0.25, 0.3) is 0 Å². The average Bonchev–Trinajstić information content (AvgIpc) is 1.99. The highest BCUT2D eigenvalue weighted by atomic mass is 16.3. The third kappa shape index (κ3) is 1.81. The molecule has 1 rings (SSSR count). The highest BCUT2D eigenvalue weighted by Gasteiger charge is 2.05. The highest BCUT2D eigenvalue weighted by Crippen LogP contribution is 2.35. The van der Waals surface area contributed by atoms with Crippen molar-refractivity contribution in [2.45, 2.75) is 20.8 Å². The van der Waals surface area contributed by atoms with E-state index in [0.29, 0.717) is 6.42 Å². The number of hydrogen-bond acceptors (Lipinski definition) is 3. The zero-order valence-electron chi connectivity index (χ0n) is 6.20. The first-order valence-corrected chi connectivity index (χ1v) is 3.39. The van der Waals surface area contributed by atoms with Gasteiger partial charge in [-0.2, -0.15) is 0 Å². The van der Waals surface area contributed by atoms with Crippen molar-refractivity contribution >= 4 is 0 Å². The van der Waals surface area contributed by atoms with Crippen molar-refractivity contribution in [3.8, 4) is 17.2 Å². The Hall–Kier alpha value is -1.38. The molecule has 0 aliphatic carbocycles. The molecule has 0 spiro atoms. The maximum Gasteiger partial charge on any atom is 0.200 e. The predicted octanol–water partition coefficient (Wildman–Crippen LogP) is 2.00.